The number of thioether (sulfide) groups is 1. The summed E-state index contributed by atoms with van der Waals surface area (Å²) in [6.45, 7) is 2.35. The first-order valence-electron chi connectivity index (χ1n) is 7.07. The fraction of sp³-hybridized carbons (Fsp3) is 0.235. The zero-order valence-corrected chi connectivity index (χ0v) is 15.0. The van der Waals surface area contributed by atoms with Crippen LogP contribution in [0.1, 0.15) is 5.56 Å². The van der Waals surface area contributed by atoms with E-state index >= 15 is 0 Å². The van der Waals surface area contributed by atoms with Gasteiger partial charge in [-0.15, -0.1) is 11.8 Å². The lowest BCUT2D eigenvalue weighted by Gasteiger charge is -2.09. The van der Waals surface area contributed by atoms with E-state index in [9.17, 15) is 9.18 Å². The van der Waals surface area contributed by atoms with Crippen LogP contribution in [0.2, 0.25) is 0 Å². The van der Waals surface area contributed by atoms with Crippen LogP contribution in [0, 0.1) is 12.7 Å². The van der Waals surface area contributed by atoms with Crippen LogP contribution in [0.5, 0.6) is 5.75 Å². The van der Waals surface area contributed by atoms with Crippen LogP contribution < -0.4 is 10.1 Å². The van der Waals surface area contributed by atoms with Gasteiger partial charge in [0.2, 0.25) is 5.91 Å². The molecule has 0 aliphatic rings. The number of aryl methyl sites for hydroxylation is 1. The number of amides is 1. The number of hydrogen-bond donors (Lipinski definition) is 1. The highest BCUT2D eigenvalue weighted by Crippen LogP contribution is 2.18. The van der Waals surface area contributed by atoms with Crippen LogP contribution in [0.3, 0.4) is 0 Å². The van der Waals surface area contributed by atoms with E-state index in [1.54, 1.807) is 6.07 Å². The molecule has 0 radical (unpaired) electrons. The van der Waals surface area contributed by atoms with E-state index < -0.39 is 0 Å². The average molecular weight is 398 g/mol. The Balaban J connectivity index is 1.68. The van der Waals surface area contributed by atoms with E-state index in [0.717, 1.165) is 15.8 Å². The van der Waals surface area contributed by atoms with E-state index in [0.29, 0.717) is 23.8 Å². The first kappa shape index (κ1) is 17.8. The maximum absolute atomic E-state index is 13.2. The fourth-order valence-corrected chi connectivity index (χ4v) is 2.84. The Kier molecular flexibility index (Phi) is 6.92. The number of ether oxygens (including phenoxy) is 1. The molecule has 1 N–H and O–H groups in total. The van der Waals surface area contributed by atoms with Crippen molar-refractivity contribution in [2.45, 2.75) is 6.92 Å². The van der Waals surface area contributed by atoms with E-state index in [4.69, 9.17) is 4.74 Å². The second-order valence-corrected chi connectivity index (χ2v) is 6.89. The van der Waals surface area contributed by atoms with Crippen molar-refractivity contribution in [2.75, 3.05) is 23.4 Å². The second-order valence-electron chi connectivity index (χ2n) is 4.87. The molecule has 2 aromatic rings. The van der Waals surface area contributed by atoms with Crippen LogP contribution >= 0.6 is 27.7 Å². The molecule has 23 heavy (non-hydrogen) atoms. The lowest BCUT2D eigenvalue weighted by Crippen LogP contribution is -2.16. The largest absolute Gasteiger partial charge is 0.493 e. The van der Waals surface area contributed by atoms with Gasteiger partial charge in [0, 0.05) is 15.9 Å². The summed E-state index contributed by atoms with van der Waals surface area (Å²) in [6.07, 6.45) is 0. The predicted octanol–water partition coefficient (Wildman–Crippen LogP) is 4.65. The van der Waals surface area contributed by atoms with Crippen LogP contribution in [-0.2, 0) is 4.79 Å². The third-order valence-electron chi connectivity index (χ3n) is 3.00. The summed E-state index contributed by atoms with van der Waals surface area (Å²) in [6, 6.07) is 12.0. The Morgan fingerprint density at radius 3 is 2.91 bits per heavy atom. The Morgan fingerprint density at radius 1 is 1.30 bits per heavy atom. The summed E-state index contributed by atoms with van der Waals surface area (Å²) < 4.78 is 19.7. The first-order chi connectivity index (χ1) is 11.0. The maximum atomic E-state index is 13.2. The molecule has 0 fully saturated rings. The van der Waals surface area contributed by atoms with Gasteiger partial charge < -0.3 is 10.1 Å². The molecule has 0 aromatic heterocycles. The lowest BCUT2D eigenvalue weighted by molar-refractivity contribution is -0.113. The van der Waals surface area contributed by atoms with E-state index in [1.807, 2.05) is 31.2 Å². The van der Waals surface area contributed by atoms with Crippen molar-refractivity contribution in [1.82, 2.24) is 0 Å². The van der Waals surface area contributed by atoms with Gasteiger partial charge >= 0.3 is 0 Å². The van der Waals surface area contributed by atoms with Gasteiger partial charge in [-0.2, -0.15) is 0 Å². The summed E-state index contributed by atoms with van der Waals surface area (Å²) in [5, 5.41) is 2.72. The Hall–Kier alpha value is -1.53. The second kappa shape index (κ2) is 8.93. The van der Waals surface area contributed by atoms with E-state index in [2.05, 4.69) is 21.2 Å². The minimum absolute atomic E-state index is 0.147. The topological polar surface area (TPSA) is 38.3 Å². The lowest BCUT2D eigenvalue weighted by atomic mass is 10.2. The monoisotopic (exact) mass is 397 g/mol. The molecule has 0 saturated carbocycles. The average Bonchev–Trinajstić information content (AvgIpc) is 2.51. The number of nitrogens with one attached hydrogen (secondary N) is 1. The standard InChI is InChI=1S/C17H17BrFNO2S/c1-12-5-6-14(19)10-16(12)20-17(21)11-23-8-7-22-15-4-2-3-13(18)9-15/h2-6,9-10H,7-8,11H2,1H3,(H,20,21). The minimum atomic E-state index is -0.360. The molecule has 0 unspecified atom stereocenters. The highest BCUT2D eigenvalue weighted by atomic mass is 79.9. The molecule has 122 valence electrons. The maximum Gasteiger partial charge on any atom is 0.234 e. The molecular formula is C17H17BrFNO2S. The van der Waals surface area contributed by atoms with Gasteiger partial charge in [0.25, 0.3) is 0 Å². The summed E-state index contributed by atoms with van der Waals surface area (Å²) in [4.78, 5) is 11.9. The number of rotatable bonds is 7. The molecule has 0 saturated heterocycles. The van der Waals surface area contributed by atoms with Gasteiger partial charge in [0.05, 0.1) is 12.4 Å². The van der Waals surface area contributed by atoms with Crippen molar-refractivity contribution in [3.05, 3.63) is 58.3 Å². The van der Waals surface area contributed by atoms with Gasteiger partial charge in [-0.05, 0) is 42.8 Å². The van der Waals surface area contributed by atoms with Crippen molar-refractivity contribution in [2.24, 2.45) is 0 Å². The highest BCUT2D eigenvalue weighted by molar-refractivity contribution is 9.10. The molecule has 2 rings (SSSR count). The van der Waals surface area contributed by atoms with E-state index in [1.165, 1.54) is 23.9 Å². The number of benzene rings is 2. The molecule has 1 amide bonds. The normalized spacial score (nSPS) is 10.4. The van der Waals surface area contributed by atoms with Gasteiger partial charge in [-0.25, -0.2) is 4.39 Å². The summed E-state index contributed by atoms with van der Waals surface area (Å²) in [5.74, 6) is 1.28. The van der Waals surface area contributed by atoms with Crippen molar-refractivity contribution < 1.29 is 13.9 Å². The Bertz CT molecular complexity index is 681. The number of carbonyl (C=O) groups is 1. The zero-order chi connectivity index (χ0) is 16.7. The van der Waals surface area contributed by atoms with Crippen molar-refractivity contribution in [3.8, 4) is 5.75 Å². The summed E-state index contributed by atoms with van der Waals surface area (Å²) in [7, 11) is 0. The number of carbonyl (C=O) groups excluding carboxylic acids is 1. The zero-order valence-electron chi connectivity index (χ0n) is 12.6. The minimum Gasteiger partial charge on any atom is -0.493 e. The molecular weight excluding hydrogens is 381 g/mol. The van der Waals surface area contributed by atoms with E-state index in [-0.39, 0.29) is 11.7 Å². The van der Waals surface area contributed by atoms with Gasteiger partial charge in [-0.3, -0.25) is 4.79 Å². The van der Waals surface area contributed by atoms with Crippen LogP contribution in [-0.4, -0.2) is 24.0 Å². The van der Waals surface area contributed by atoms with Crippen LogP contribution in [0.25, 0.3) is 0 Å². The van der Waals surface area contributed by atoms with Crippen molar-refractivity contribution in [1.29, 1.82) is 0 Å². The summed E-state index contributed by atoms with van der Waals surface area (Å²) in [5.41, 5.74) is 1.35. The molecule has 0 bridgehead atoms. The molecule has 3 nitrogen and oxygen atoms in total. The molecule has 6 heteroatoms. The molecule has 2 aromatic carbocycles. The third kappa shape index (κ3) is 6.23. The van der Waals surface area contributed by atoms with Crippen molar-refractivity contribution >= 4 is 39.3 Å². The van der Waals surface area contributed by atoms with Crippen LogP contribution in [0.4, 0.5) is 10.1 Å². The Morgan fingerprint density at radius 2 is 2.13 bits per heavy atom. The summed E-state index contributed by atoms with van der Waals surface area (Å²) >= 11 is 4.85. The third-order valence-corrected chi connectivity index (χ3v) is 4.41. The molecule has 0 heterocycles. The predicted molar refractivity (Wildman–Crippen MR) is 96.7 cm³/mol. The quantitative estimate of drug-likeness (QED) is 0.691. The first-order valence-corrected chi connectivity index (χ1v) is 9.01. The Labute approximate surface area is 147 Å². The molecule has 0 aliphatic heterocycles. The van der Waals surface area contributed by atoms with Gasteiger partial charge in [0.15, 0.2) is 0 Å². The fourth-order valence-electron chi connectivity index (χ4n) is 1.86. The van der Waals surface area contributed by atoms with Crippen molar-refractivity contribution in [3.63, 3.8) is 0 Å². The molecule has 0 aliphatic carbocycles. The highest BCUT2D eigenvalue weighted by Gasteiger charge is 2.06. The molecule has 0 atom stereocenters. The van der Waals surface area contributed by atoms with Crippen LogP contribution in [0.15, 0.2) is 46.9 Å². The molecule has 0 spiro atoms. The number of hydrogen-bond acceptors (Lipinski definition) is 3. The smallest absolute Gasteiger partial charge is 0.234 e. The number of halogens is 2. The SMILES string of the molecule is Cc1ccc(F)cc1NC(=O)CSCCOc1cccc(Br)c1. The number of anilines is 1. The van der Waals surface area contributed by atoms with Gasteiger partial charge in [-0.1, -0.05) is 28.1 Å². The van der Waals surface area contributed by atoms with Gasteiger partial charge in [0.1, 0.15) is 11.6 Å².